The van der Waals surface area contributed by atoms with Gasteiger partial charge in [0.25, 0.3) is 0 Å². The lowest BCUT2D eigenvalue weighted by Gasteiger charge is -2.09. The predicted octanol–water partition coefficient (Wildman–Crippen LogP) is 2.36. The Morgan fingerprint density at radius 1 is 1.36 bits per heavy atom. The van der Waals surface area contributed by atoms with E-state index < -0.39 is 11.7 Å². The second kappa shape index (κ2) is 7.72. The number of hydrogen-bond acceptors (Lipinski definition) is 7. The van der Waals surface area contributed by atoms with Crippen molar-refractivity contribution in [3.8, 4) is 0 Å². The van der Waals surface area contributed by atoms with Gasteiger partial charge in [0.1, 0.15) is 11.5 Å². The first-order valence-corrected chi connectivity index (χ1v) is 8.16. The van der Waals surface area contributed by atoms with E-state index in [2.05, 4.69) is 21.0 Å². The molecule has 8 nitrogen and oxygen atoms in total. The average Bonchev–Trinajstić information content (AvgIpc) is 2.96. The van der Waals surface area contributed by atoms with Gasteiger partial charge < -0.3 is 14.8 Å². The summed E-state index contributed by atoms with van der Waals surface area (Å²) in [5.74, 6) is -1.30. The van der Waals surface area contributed by atoms with Gasteiger partial charge in [0.15, 0.2) is 5.58 Å². The third kappa shape index (κ3) is 3.86. The molecule has 0 aliphatic carbocycles. The maximum atomic E-state index is 14.1. The third-order valence-electron chi connectivity index (χ3n) is 3.16. The molecule has 0 unspecified atom stereocenters. The number of fused-ring (bicyclic) bond motifs is 1. The zero-order valence-corrected chi connectivity index (χ0v) is 14.8. The van der Waals surface area contributed by atoms with Crippen molar-refractivity contribution in [2.75, 3.05) is 18.5 Å². The summed E-state index contributed by atoms with van der Waals surface area (Å²) in [6.07, 6.45) is 2.74. The molecule has 0 aliphatic heterocycles. The molecule has 3 aromatic rings. The molecule has 0 spiro atoms. The normalized spacial score (nSPS) is 10.8. The summed E-state index contributed by atoms with van der Waals surface area (Å²) >= 11 is 2.00. The Morgan fingerprint density at radius 3 is 2.92 bits per heavy atom. The zero-order valence-electron chi connectivity index (χ0n) is 12.6. The molecule has 3 N–H and O–H groups in total. The minimum absolute atomic E-state index is 0.0798. The lowest BCUT2D eigenvalue weighted by molar-refractivity contribution is 0.0152. The highest BCUT2D eigenvalue weighted by molar-refractivity contribution is 14.1. The summed E-state index contributed by atoms with van der Waals surface area (Å²) in [6, 6.07) is 4.63. The maximum Gasteiger partial charge on any atom is 0.312 e. The van der Waals surface area contributed by atoms with E-state index in [1.807, 2.05) is 22.6 Å². The lowest BCUT2D eigenvalue weighted by Crippen LogP contribution is -2.25. The molecule has 0 saturated carbocycles. The molecular formula is C15H12FIN4O4. The van der Waals surface area contributed by atoms with Crippen LogP contribution in [0.4, 0.5) is 15.8 Å². The number of aromatic nitrogens is 2. The summed E-state index contributed by atoms with van der Waals surface area (Å²) in [4.78, 5) is 17.0. The van der Waals surface area contributed by atoms with Gasteiger partial charge in [0, 0.05) is 3.57 Å². The van der Waals surface area contributed by atoms with Crippen LogP contribution < -0.4 is 10.8 Å². The molecule has 1 aromatic carbocycles. The number of carbonyl (C=O) groups excluding carboxylic acids is 1. The van der Waals surface area contributed by atoms with E-state index in [0.29, 0.717) is 11.0 Å². The Bertz CT molecular complexity index is 918. The smallest absolute Gasteiger partial charge is 0.312 e. The fraction of sp³-hybridized carbons (Fsp3) is 0.133. The highest BCUT2D eigenvalue weighted by atomic mass is 127. The highest BCUT2D eigenvalue weighted by Crippen LogP contribution is 2.33. The van der Waals surface area contributed by atoms with Crippen LogP contribution in [0, 0.1) is 9.39 Å². The van der Waals surface area contributed by atoms with Crippen LogP contribution in [0.15, 0.2) is 35.0 Å². The number of hydroxylamine groups is 1. The molecule has 0 saturated heterocycles. The molecule has 0 atom stereocenters. The number of nitrogens with zero attached hydrogens (tertiary/aromatic N) is 2. The number of benzene rings is 1. The van der Waals surface area contributed by atoms with Gasteiger partial charge in [-0.25, -0.2) is 9.87 Å². The van der Waals surface area contributed by atoms with Gasteiger partial charge in [-0.05, 0) is 40.8 Å². The summed E-state index contributed by atoms with van der Waals surface area (Å²) in [5, 5.41) is 19.5. The molecule has 0 bridgehead atoms. The zero-order chi connectivity index (χ0) is 17.8. The molecule has 25 heavy (non-hydrogen) atoms. The third-order valence-corrected chi connectivity index (χ3v) is 3.83. The van der Waals surface area contributed by atoms with Crippen LogP contribution >= 0.6 is 22.6 Å². The molecule has 130 valence electrons. The summed E-state index contributed by atoms with van der Waals surface area (Å²) in [5.41, 5.74) is 2.85. The van der Waals surface area contributed by atoms with Crippen LogP contribution in [-0.4, -0.2) is 34.4 Å². The van der Waals surface area contributed by atoms with Crippen molar-refractivity contribution < 1.29 is 23.5 Å². The van der Waals surface area contributed by atoms with E-state index in [1.54, 1.807) is 12.1 Å². The second-order valence-electron chi connectivity index (χ2n) is 4.83. The van der Waals surface area contributed by atoms with Gasteiger partial charge in [-0.15, -0.1) is 0 Å². The van der Waals surface area contributed by atoms with Crippen molar-refractivity contribution in [3.63, 3.8) is 0 Å². The van der Waals surface area contributed by atoms with E-state index in [0.717, 1.165) is 3.57 Å². The number of amides is 1. The van der Waals surface area contributed by atoms with Crippen molar-refractivity contribution in [3.05, 3.63) is 45.7 Å². The molecule has 0 fully saturated rings. The quantitative estimate of drug-likeness (QED) is 0.296. The van der Waals surface area contributed by atoms with Crippen LogP contribution in [-0.2, 0) is 4.84 Å². The molecule has 0 aliphatic rings. The number of furan rings is 1. The van der Waals surface area contributed by atoms with E-state index in [1.165, 1.54) is 18.5 Å². The Labute approximate surface area is 154 Å². The number of carbonyl (C=O) groups is 1. The number of aliphatic hydroxyl groups excluding tert-OH is 1. The molecule has 0 radical (unpaired) electrons. The minimum Gasteiger partial charge on any atom is -0.447 e. The van der Waals surface area contributed by atoms with Gasteiger partial charge in [-0.3, -0.25) is 9.63 Å². The second-order valence-corrected chi connectivity index (χ2v) is 6.07. The van der Waals surface area contributed by atoms with Crippen LogP contribution in [0.25, 0.3) is 11.0 Å². The summed E-state index contributed by atoms with van der Waals surface area (Å²) < 4.78 is 20.4. The molecular weight excluding hydrogens is 446 g/mol. The standard InChI is InChI=1S/C15H12FIN4O4/c16-10-5-8(17)1-2-11(10)20-13-9-6-18-19-7-12(9)25-14(13)15(23)21-24-4-3-22/h1-2,5-7,20,22H,3-4H2,(H,21,23). The summed E-state index contributed by atoms with van der Waals surface area (Å²) in [6.45, 7) is -0.336. The fourth-order valence-corrected chi connectivity index (χ4v) is 2.53. The van der Waals surface area contributed by atoms with E-state index in [-0.39, 0.29) is 30.3 Å². The van der Waals surface area contributed by atoms with Crippen LogP contribution in [0.1, 0.15) is 10.6 Å². The number of hydrogen-bond donors (Lipinski definition) is 3. The van der Waals surface area contributed by atoms with Crippen LogP contribution in [0.3, 0.4) is 0 Å². The fourth-order valence-electron chi connectivity index (χ4n) is 2.08. The maximum absolute atomic E-state index is 14.1. The minimum atomic E-state index is -0.696. The van der Waals surface area contributed by atoms with Crippen LogP contribution in [0.5, 0.6) is 0 Å². The Morgan fingerprint density at radius 2 is 2.16 bits per heavy atom. The Balaban J connectivity index is 1.99. The predicted molar refractivity (Wildman–Crippen MR) is 94.7 cm³/mol. The van der Waals surface area contributed by atoms with Crippen LogP contribution in [0.2, 0.25) is 0 Å². The molecule has 2 heterocycles. The van der Waals surface area contributed by atoms with Gasteiger partial charge in [0.05, 0.1) is 36.7 Å². The number of aliphatic hydroxyl groups is 1. The van der Waals surface area contributed by atoms with E-state index in [9.17, 15) is 9.18 Å². The average molecular weight is 458 g/mol. The van der Waals surface area contributed by atoms with Crippen molar-refractivity contribution in [1.82, 2.24) is 15.7 Å². The largest absolute Gasteiger partial charge is 0.447 e. The van der Waals surface area contributed by atoms with Crippen molar-refractivity contribution >= 4 is 50.8 Å². The van der Waals surface area contributed by atoms with Crippen molar-refractivity contribution in [2.45, 2.75) is 0 Å². The number of halogens is 2. The monoisotopic (exact) mass is 458 g/mol. The SMILES string of the molecule is O=C(NOCCO)c1oc2cnncc2c1Nc1ccc(I)cc1F. The van der Waals surface area contributed by atoms with Gasteiger partial charge in [-0.2, -0.15) is 10.2 Å². The number of anilines is 2. The first-order chi connectivity index (χ1) is 12.1. The van der Waals surface area contributed by atoms with Crippen molar-refractivity contribution in [1.29, 1.82) is 0 Å². The molecule has 10 heteroatoms. The highest BCUT2D eigenvalue weighted by Gasteiger charge is 2.22. The summed E-state index contributed by atoms with van der Waals surface area (Å²) in [7, 11) is 0. The van der Waals surface area contributed by atoms with Gasteiger partial charge in [0.2, 0.25) is 5.76 Å². The first kappa shape index (κ1) is 17.5. The topological polar surface area (TPSA) is 110 Å². The van der Waals surface area contributed by atoms with Gasteiger partial charge in [-0.1, -0.05) is 0 Å². The van der Waals surface area contributed by atoms with Gasteiger partial charge >= 0.3 is 5.91 Å². The Kier molecular flexibility index (Phi) is 5.40. The number of rotatable bonds is 6. The van der Waals surface area contributed by atoms with Crippen molar-refractivity contribution in [2.24, 2.45) is 0 Å². The Hall–Kier alpha value is -2.31. The molecule has 1 amide bonds. The first-order valence-electron chi connectivity index (χ1n) is 7.08. The van der Waals surface area contributed by atoms with E-state index in [4.69, 9.17) is 14.4 Å². The molecule has 2 aromatic heterocycles. The van der Waals surface area contributed by atoms with E-state index >= 15 is 0 Å². The number of nitrogens with one attached hydrogen (secondary N) is 2. The molecule has 3 rings (SSSR count). The lowest BCUT2D eigenvalue weighted by atomic mass is 10.2.